The van der Waals surface area contributed by atoms with Gasteiger partial charge in [-0.05, 0) is 53.8 Å². The van der Waals surface area contributed by atoms with Crippen LogP contribution in [0.3, 0.4) is 0 Å². The van der Waals surface area contributed by atoms with Gasteiger partial charge in [0.25, 0.3) is 5.56 Å². The van der Waals surface area contributed by atoms with Crippen LogP contribution in [0, 0.1) is 10.5 Å². The van der Waals surface area contributed by atoms with Crippen LogP contribution in [-0.4, -0.2) is 22.1 Å². The van der Waals surface area contributed by atoms with Crippen molar-refractivity contribution in [3.05, 3.63) is 73.8 Å². The van der Waals surface area contributed by atoms with Crippen molar-refractivity contribution >= 4 is 39.5 Å². The number of hydrogen-bond donors (Lipinski definition) is 0. The second-order valence-corrected chi connectivity index (χ2v) is 6.41. The van der Waals surface area contributed by atoms with Crippen LogP contribution in [0.2, 0.25) is 0 Å². The Balaban J connectivity index is 1.76. The van der Waals surface area contributed by atoms with Crippen molar-refractivity contribution in [3.8, 4) is 0 Å². The minimum absolute atomic E-state index is 0.116. The third-order valence-corrected chi connectivity index (χ3v) is 4.63. The van der Waals surface area contributed by atoms with Crippen LogP contribution in [0.1, 0.15) is 16.2 Å². The van der Waals surface area contributed by atoms with Crippen LogP contribution < -0.4 is 5.56 Å². The maximum atomic E-state index is 12.5. The van der Waals surface area contributed by atoms with Crippen LogP contribution in [0.25, 0.3) is 10.9 Å². The lowest BCUT2D eigenvalue weighted by Crippen LogP contribution is -2.26. The lowest BCUT2D eigenvalue weighted by Gasteiger charge is -2.11. The molecule has 0 N–H and O–H groups in total. The van der Waals surface area contributed by atoms with Gasteiger partial charge in [0.2, 0.25) is 0 Å². The van der Waals surface area contributed by atoms with E-state index in [0.717, 1.165) is 3.57 Å². The number of rotatable bonds is 4. The molecule has 3 aromatic rings. The van der Waals surface area contributed by atoms with Crippen LogP contribution >= 0.6 is 22.6 Å². The van der Waals surface area contributed by atoms with E-state index in [-0.39, 0.29) is 24.7 Å². The molecule has 5 nitrogen and oxygen atoms in total. The van der Waals surface area contributed by atoms with Crippen molar-refractivity contribution in [2.75, 3.05) is 6.61 Å². The summed E-state index contributed by atoms with van der Waals surface area (Å²) in [5.41, 5.74) is 1.08. The summed E-state index contributed by atoms with van der Waals surface area (Å²) < 4.78 is 7.67. The molecule has 0 aliphatic carbocycles. The molecule has 0 radical (unpaired) electrons. The maximum Gasteiger partial charge on any atom is 0.339 e. The maximum absolute atomic E-state index is 12.5. The summed E-state index contributed by atoms with van der Waals surface area (Å²) in [6, 6.07) is 14.4. The van der Waals surface area contributed by atoms with E-state index in [1.165, 1.54) is 4.57 Å². The van der Waals surface area contributed by atoms with Gasteiger partial charge in [0, 0.05) is 3.57 Å². The Morgan fingerprint density at radius 3 is 2.67 bits per heavy atom. The summed E-state index contributed by atoms with van der Waals surface area (Å²) in [4.78, 5) is 29.1. The summed E-state index contributed by atoms with van der Waals surface area (Å²) in [7, 11) is 0. The monoisotopic (exact) mass is 434 g/mol. The molecule has 0 fully saturated rings. The first kappa shape index (κ1) is 16.6. The lowest BCUT2D eigenvalue weighted by molar-refractivity contribution is 0.0488. The number of benzene rings is 2. The molecule has 0 saturated heterocycles. The normalized spacial score (nSPS) is 10.8. The quantitative estimate of drug-likeness (QED) is 0.468. The lowest BCUT2D eigenvalue weighted by atomic mass is 10.2. The Hall–Kier alpha value is -2.22. The highest BCUT2D eigenvalue weighted by atomic mass is 127. The number of nitrogens with zero attached hydrogens (tertiary/aromatic N) is 2. The summed E-state index contributed by atoms with van der Waals surface area (Å²) in [5, 5.41) is 0.562. The van der Waals surface area contributed by atoms with Gasteiger partial charge >= 0.3 is 5.97 Å². The second-order valence-electron chi connectivity index (χ2n) is 5.25. The molecule has 0 aliphatic heterocycles. The number of hydrogen-bond acceptors (Lipinski definition) is 4. The van der Waals surface area contributed by atoms with Gasteiger partial charge in [-0.3, -0.25) is 9.36 Å². The van der Waals surface area contributed by atoms with Gasteiger partial charge in [-0.25, -0.2) is 9.78 Å². The van der Waals surface area contributed by atoms with Gasteiger partial charge in [-0.2, -0.15) is 0 Å². The number of ether oxygens (including phenoxy) is 1. The molecule has 0 amide bonds. The molecule has 1 aromatic heterocycles. The number of para-hydroxylation sites is 1. The number of fused-ring (bicyclic) bond motifs is 1. The predicted octanol–water partition coefficient (Wildman–Crippen LogP) is 3.17. The molecule has 2 aromatic carbocycles. The Morgan fingerprint density at radius 1 is 1.17 bits per heavy atom. The molecule has 0 unspecified atom stereocenters. The molecule has 3 rings (SSSR count). The van der Waals surface area contributed by atoms with Crippen molar-refractivity contribution in [1.29, 1.82) is 0 Å². The fourth-order valence-corrected chi connectivity index (χ4v) is 3.08. The standard InChI is InChI=1S/C18H15IN2O3/c1-12-20-16-9-5-3-7-14(16)17(22)21(12)10-11-24-18(23)13-6-2-4-8-15(13)19/h2-9H,10-11H2,1H3. The van der Waals surface area contributed by atoms with Gasteiger partial charge in [0.1, 0.15) is 12.4 Å². The minimum atomic E-state index is -0.389. The number of esters is 1. The van der Waals surface area contributed by atoms with E-state index < -0.39 is 0 Å². The van der Waals surface area contributed by atoms with E-state index in [9.17, 15) is 9.59 Å². The fraction of sp³-hybridized carbons (Fsp3) is 0.167. The van der Waals surface area contributed by atoms with Gasteiger partial charge in [0.05, 0.1) is 23.0 Å². The Bertz CT molecular complexity index is 966. The van der Waals surface area contributed by atoms with Crippen LogP contribution in [-0.2, 0) is 11.3 Å². The number of halogens is 1. The minimum Gasteiger partial charge on any atom is -0.460 e. The van der Waals surface area contributed by atoms with Crippen LogP contribution in [0.4, 0.5) is 0 Å². The summed E-state index contributed by atoms with van der Waals surface area (Å²) in [6.45, 7) is 2.16. The van der Waals surface area contributed by atoms with Gasteiger partial charge in [-0.1, -0.05) is 24.3 Å². The Labute approximate surface area is 152 Å². The molecule has 0 saturated carbocycles. The first-order valence-electron chi connectivity index (χ1n) is 7.46. The molecule has 0 atom stereocenters. The molecular formula is C18H15IN2O3. The number of aromatic nitrogens is 2. The zero-order chi connectivity index (χ0) is 17.1. The Kier molecular flexibility index (Phi) is 4.94. The molecule has 6 heteroatoms. The van der Waals surface area contributed by atoms with Crippen molar-refractivity contribution in [1.82, 2.24) is 9.55 Å². The molecular weight excluding hydrogens is 419 g/mol. The van der Waals surface area contributed by atoms with E-state index in [1.54, 1.807) is 25.1 Å². The summed E-state index contributed by atoms with van der Waals surface area (Å²) in [5.74, 6) is 0.212. The van der Waals surface area contributed by atoms with E-state index in [1.807, 2.05) is 30.3 Å². The van der Waals surface area contributed by atoms with Crippen molar-refractivity contribution < 1.29 is 9.53 Å². The highest BCUT2D eigenvalue weighted by Gasteiger charge is 2.12. The largest absolute Gasteiger partial charge is 0.460 e. The molecule has 0 aliphatic rings. The predicted molar refractivity (Wildman–Crippen MR) is 100 cm³/mol. The van der Waals surface area contributed by atoms with Gasteiger partial charge in [-0.15, -0.1) is 0 Å². The molecule has 1 heterocycles. The van der Waals surface area contributed by atoms with E-state index in [0.29, 0.717) is 22.3 Å². The second kappa shape index (κ2) is 7.12. The molecule has 122 valence electrons. The average Bonchev–Trinajstić information content (AvgIpc) is 2.58. The van der Waals surface area contributed by atoms with Gasteiger partial charge < -0.3 is 4.74 Å². The zero-order valence-electron chi connectivity index (χ0n) is 13.0. The third kappa shape index (κ3) is 3.33. The van der Waals surface area contributed by atoms with E-state index >= 15 is 0 Å². The van der Waals surface area contributed by atoms with Crippen molar-refractivity contribution in [3.63, 3.8) is 0 Å². The zero-order valence-corrected chi connectivity index (χ0v) is 15.2. The fourth-order valence-electron chi connectivity index (χ4n) is 2.48. The summed E-state index contributed by atoms with van der Waals surface area (Å²) in [6.07, 6.45) is 0. The highest BCUT2D eigenvalue weighted by Crippen LogP contribution is 2.13. The van der Waals surface area contributed by atoms with Crippen molar-refractivity contribution in [2.24, 2.45) is 0 Å². The molecule has 0 bridgehead atoms. The van der Waals surface area contributed by atoms with E-state index in [2.05, 4.69) is 27.6 Å². The molecule has 24 heavy (non-hydrogen) atoms. The number of carbonyl (C=O) groups excluding carboxylic acids is 1. The van der Waals surface area contributed by atoms with Crippen LogP contribution in [0.5, 0.6) is 0 Å². The van der Waals surface area contributed by atoms with Crippen LogP contribution in [0.15, 0.2) is 53.3 Å². The first-order chi connectivity index (χ1) is 11.6. The number of aryl methyl sites for hydroxylation is 1. The Morgan fingerprint density at radius 2 is 1.88 bits per heavy atom. The third-order valence-electron chi connectivity index (χ3n) is 3.69. The average molecular weight is 434 g/mol. The summed E-state index contributed by atoms with van der Waals surface area (Å²) >= 11 is 2.09. The first-order valence-corrected chi connectivity index (χ1v) is 8.53. The van der Waals surface area contributed by atoms with Gasteiger partial charge in [0.15, 0.2) is 0 Å². The highest BCUT2D eigenvalue weighted by molar-refractivity contribution is 14.1. The molecule has 0 spiro atoms. The topological polar surface area (TPSA) is 61.2 Å². The number of carbonyl (C=O) groups is 1. The van der Waals surface area contributed by atoms with E-state index in [4.69, 9.17) is 4.74 Å². The SMILES string of the molecule is Cc1nc2ccccc2c(=O)n1CCOC(=O)c1ccccc1I. The van der Waals surface area contributed by atoms with Crippen molar-refractivity contribution in [2.45, 2.75) is 13.5 Å². The smallest absolute Gasteiger partial charge is 0.339 e.